The second-order valence-corrected chi connectivity index (χ2v) is 6.71. The number of pyridine rings is 1. The van der Waals surface area contributed by atoms with Crippen molar-refractivity contribution in [3.8, 4) is 11.1 Å². The van der Waals surface area contributed by atoms with E-state index in [1.54, 1.807) is 24.3 Å². The maximum Gasteiger partial charge on any atom is 0.417 e. The highest BCUT2D eigenvalue weighted by Crippen LogP contribution is 2.42. The van der Waals surface area contributed by atoms with Gasteiger partial charge in [-0.15, -0.1) is 0 Å². The van der Waals surface area contributed by atoms with Gasteiger partial charge in [0.1, 0.15) is 11.6 Å². The summed E-state index contributed by atoms with van der Waals surface area (Å²) in [6.45, 7) is 1.84. The highest BCUT2D eigenvalue weighted by molar-refractivity contribution is 6.04. The largest absolute Gasteiger partial charge is 0.417 e. The molecule has 0 radical (unpaired) electrons. The van der Waals surface area contributed by atoms with E-state index in [4.69, 9.17) is 5.73 Å². The molecule has 0 aliphatic heterocycles. The van der Waals surface area contributed by atoms with Crippen molar-refractivity contribution >= 4 is 17.5 Å². The second-order valence-electron chi connectivity index (χ2n) is 6.71. The minimum Gasteiger partial charge on any atom is -0.383 e. The van der Waals surface area contributed by atoms with Crippen molar-refractivity contribution in [2.24, 2.45) is 0 Å². The van der Waals surface area contributed by atoms with Gasteiger partial charge < -0.3 is 11.1 Å². The lowest BCUT2D eigenvalue weighted by Crippen LogP contribution is -2.14. The second kappa shape index (κ2) is 7.93. The summed E-state index contributed by atoms with van der Waals surface area (Å²) >= 11 is 0. The van der Waals surface area contributed by atoms with Crippen molar-refractivity contribution in [1.82, 2.24) is 4.98 Å². The number of halogens is 6. The van der Waals surface area contributed by atoms with Gasteiger partial charge in [-0.05, 0) is 55.0 Å². The van der Waals surface area contributed by atoms with E-state index in [1.807, 2.05) is 6.92 Å². The fourth-order valence-corrected chi connectivity index (χ4v) is 2.86. The number of hydrogen-bond acceptors (Lipinski definition) is 3. The Morgan fingerprint density at radius 1 is 0.871 bits per heavy atom. The van der Waals surface area contributed by atoms with Crippen molar-refractivity contribution in [3.05, 3.63) is 76.9 Å². The van der Waals surface area contributed by atoms with Crippen LogP contribution >= 0.6 is 0 Å². The fourth-order valence-electron chi connectivity index (χ4n) is 2.86. The van der Waals surface area contributed by atoms with Gasteiger partial charge in [0.15, 0.2) is 0 Å². The Bertz CT molecular complexity index is 1120. The minimum atomic E-state index is -4.91. The van der Waals surface area contributed by atoms with E-state index in [1.165, 1.54) is 0 Å². The van der Waals surface area contributed by atoms with Gasteiger partial charge in [0.2, 0.25) is 0 Å². The van der Waals surface area contributed by atoms with Crippen LogP contribution in [0.1, 0.15) is 27.0 Å². The summed E-state index contributed by atoms with van der Waals surface area (Å²) in [6, 6.07) is 9.90. The Morgan fingerprint density at radius 2 is 1.52 bits per heavy atom. The molecule has 1 heterocycles. The Balaban J connectivity index is 1.99. The normalized spacial score (nSPS) is 12.0. The molecule has 0 saturated heterocycles. The van der Waals surface area contributed by atoms with Crippen LogP contribution in [0.3, 0.4) is 0 Å². The van der Waals surface area contributed by atoms with E-state index in [0.29, 0.717) is 23.8 Å². The molecule has 0 bridgehead atoms. The van der Waals surface area contributed by atoms with E-state index in [2.05, 4.69) is 10.3 Å². The van der Waals surface area contributed by atoms with Crippen molar-refractivity contribution in [2.45, 2.75) is 19.3 Å². The van der Waals surface area contributed by atoms with Crippen LogP contribution in [0.4, 0.5) is 38.0 Å². The molecule has 0 aliphatic carbocycles. The number of nitrogens with one attached hydrogen (secondary N) is 1. The number of carbonyl (C=O) groups is 1. The summed E-state index contributed by atoms with van der Waals surface area (Å²) in [6.07, 6.45) is -9.76. The maximum absolute atomic E-state index is 13.4. The molecule has 0 saturated carbocycles. The fraction of sp³-hybridized carbons (Fsp3) is 0.143. The summed E-state index contributed by atoms with van der Waals surface area (Å²) in [5, 5.41) is 2.45. The predicted molar refractivity (Wildman–Crippen MR) is 103 cm³/mol. The molecule has 1 amide bonds. The molecule has 3 rings (SSSR count). The highest BCUT2D eigenvalue weighted by atomic mass is 19.4. The number of nitrogen functional groups attached to an aromatic ring is 1. The van der Waals surface area contributed by atoms with E-state index < -0.39 is 40.8 Å². The first-order chi connectivity index (χ1) is 14.4. The smallest absolute Gasteiger partial charge is 0.383 e. The van der Waals surface area contributed by atoms with E-state index >= 15 is 0 Å². The lowest BCUT2D eigenvalue weighted by Gasteiger charge is -2.17. The van der Waals surface area contributed by atoms with Gasteiger partial charge >= 0.3 is 12.4 Å². The number of nitrogens with zero attached hydrogens (tertiary/aromatic N) is 1. The molecule has 2 aromatic carbocycles. The number of benzene rings is 2. The van der Waals surface area contributed by atoms with Crippen LogP contribution in [0.5, 0.6) is 0 Å². The van der Waals surface area contributed by atoms with E-state index in [9.17, 15) is 31.1 Å². The molecule has 0 atom stereocenters. The number of carbonyl (C=O) groups excluding carboxylic acids is 1. The molecular formula is C21H15F6N3O. The summed E-state index contributed by atoms with van der Waals surface area (Å²) in [5.74, 6) is -1.06. The van der Waals surface area contributed by atoms with Crippen LogP contribution in [0.25, 0.3) is 11.1 Å². The van der Waals surface area contributed by atoms with Crippen LogP contribution in [0.15, 0.2) is 54.6 Å². The van der Waals surface area contributed by atoms with Gasteiger partial charge in [-0.3, -0.25) is 4.79 Å². The predicted octanol–water partition coefficient (Wildman–Crippen LogP) is 5.93. The first kappa shape index (κ1) is 22.1. The number of anilines is 2. The van der Waals surface area contributed by atoms with Crippen molar-refractivity contribution in [3.63, 3.8) is 0 Å². The molecule has 3 aromatic rings. The number of amides is 1. The molecule has 0 unspecified atom stereocenters. The molecular weight excluding hydrogens is 424 g/mol. The zero-order valence-corrected chi connectivity index (χ0v) is 15.9. The van der Waals surface area contributed by atoms with Gasteiger partial charge in [0.25, 0.3) is 5.91 Å². The average molecular weight is 439 g/mol. The van der Waals surface area contributed by atoms with Gasteiger partial charge in [0, 0.05) is 11.1 Å². The molecule has 4 nitrogen and oxygen atoms in total. The number of aromatic nitrogens is 1. The first-order valence-corrected chi connectivity index (χ1v) is 8.79. The van der Waals surface area contributed by atoms with Crippen molar-refractivity contribution in [1.29, 1.82) is 0 Å². The van der Waals surface area contributed by atoms with Gasteiger partial charge in [-0.25, -0.2) is 4.98 Å². The van der Waals surface area contributed by atoms with Crippen LogP contribution < -0.4 is 11.1 Å². The molecule has 31 heavy (non-hydrogen) atoms. The van der Waals surface area contributed by atoms with Crippen LogP contribution in [-0.2, 0) is 12.4 Å². The molecule has 1 aromatic heterocycles. The zero-order chi connectivity index (χ0) is 23.0. The Kier molecular flexibility index (Phi) is 5.66. The van der Waals surface area contributed by atoms with E-state index in [-0.39, 0.29) is 11.4 Å². The Labute approximate surface area is 172 Å². The van der Waals surface area contributed by atoms with Crippen molar-refractivity contribution in [2.75, 3.05) is 11.1 Å². The average Bonchev–Trinajstić information content (AvgIpc) is 2.66. The summed E-state index contributed by atoms with van der Waals surface area (Å²) in [4.78, 5) is 16.1. The van der Waals surface area contributed by atoms with Gasteiger partial charge in [-0.2, -0.15) is 26.3 Å². The van der Waals surface area contributed by atoms with Crippen LogP contribution in [-0.4, -0.2) is 10.9 Å². The van der Waals surface area contributed by atoms with Crippen LogP contribution in [0.2, 0.25) is 0 Å². The monoisotopic (exact) mass is 439 g/mol. The summed E-state index contributed by atoms with van der Waals surface area (Å²) < 4.78 is 79.2. The Morgan fingerprint density at radius 3 is 2.06 bits per heavy atom. The molecule has 162 valence electrons. The molecule has 0 spiro atoms. The minimum absolute atomic E-state index is 0.0626. The standard InChI is InChI=1S/C21H15F6N3O/c1-11-2-4-12(5-3-11)19(31)30-17-9-7-14(18(28)29-17)15-10-13(20(22,23)24)6-8-16(15)21(25,26)27/h2-10H,1H3,(H3,28,29,30,31). The molecule has 10 heteroatoms. The van der Waals surface area contributed by atoms with E-state index in [0.717, 1.165) is 17.7 Å². The number of hydrogen-bond donors (Lipinski definition) is 2. The summed E-state index contributed by atoms with van der Waals surface area (Å²) in [5.41, 5.74) is 3.35. The number of aryl methyl sites for hydroxylation is 1. The molecule has 0 aliphatic rings. The highest BCUT2D eigenvalue weighted by Gasteiger charge is 2.37. The Hall–Kier alpha value is -3.56. The number of nitrogens with two attached hydrogens (primary N) is 1. The topological polar surface area (TPSA) is 68.0 Å². The maximum atomic E-state index is 13.4. The third-order valence-corrected chi connectivity index (χ3v) is 4.42. The third kappa shape index (κ3) is 4.96. The van der Waals surface area contributed by atoms with Gasteiger partial charge in [-0.1, -0.05) is 17.7 Å². The lowest BCUT2D eigenvalue weighted by atomic mass is 9.97. The number of rotatable bonds is 3. The number of alkyl halides is 6. The van der Waals surface area contributed by atoms with Crippen LogP contribution in [0, 0.1) is 6.92 Å². The first-order valence-electron chi connectivity index (χ1n) is 8.79. The quantitative estimate of drug-likeness (QED) is 0.497. The third-order valence-electron chi connectivity index (χ3n) is 4.42. The van der Waals surface area contributed by atoms with Gasteiger partial charge in [0.05, 0.1) is 11.1 Å². The lowest BCUT2D eigenvalue weighted by molar-refractivity contribution is -0.141. The summed E-state index contributed by atoms with van der Waals surface area (Å²) in [7, 11) is 0. The molecule has 3 N–H and O–H groups in total. The van der Waals surface area contributed by atoms with Crippen molar-refractivity contribution < 1.29 is 31.1 Å². The molecule has 0 fully saturated rings. The SMILES string of the molecule is Cc1ccc(C(=O)Nc2ccc(-c3cc(C(F)(F)F)ccc3C(F)(F)F)c(N)n2)cc1. The zero-order valence-electron chi connectivity index (χ0n) is 15.9.